The summed E-state index contributed by atoms with van der Waals surface area (Å²) < 4.78 is 5.83. The molecule has 5 aromatic rings. The first-order valence-electron chi connectivity index (χ1n) is 10.9. The molecule has 0 unspecified atom stereocenters. The largest absolute Gasteiger partial charge is 0.504 e. The molecule has 4 aromatic carbocycles. The fourth-order valence-electron chi connectivity index (χ4n) is 3.75. The highest BCUT2D eigenvalue weighted by Gasteiger charge is 2.14. The normalized spacial score (nSPS) is 10.9. The first-order valence-corrected chi connectivity index (χ1v) is 10.9. The first-order chi connectivity index (χ1) is 17.7. The highest BCUT2D eigenvalue weighted by Crippen LogP contribution is 2.28. The number of rotatable bonds is 4. The lowest BCUT2D eigenvalue weighted by Gasteiger charge is -2.09. The molecule has 0 fully saturated rings. The van der Waals surface area contributed by atoms with Crippen molar-refractivity contribution in [1.82, 2.24) is 0 Å². The summed E-state index contributed by atoms with van der Waals surface area (Å²) in [5.74, 6) is -2.73. The second-order valence-corrected chi connectivity index (χ2v) is 8.17. The zero-order chi connectivity index (χ0) is 26.3. The van der Waals surface area contributed by atoms with E-state index in [1.54, 1.807) is 12.1 Å². The second kappa shape index (κ2) is 8.93. The van der Waals surface area contributed by atoms with Crippen LogP contribution in [0.2, 0.25) is 0 Å². The van der Waals surface area contributed by atoms with Crippen molar-refractivity contribution in [3.05, 3.63) is 94.1 Å². The van der Waals surface area contributed by atoms with Crippen LogP contribution in [0, 0.1) is 0 Å². The molecule has 0 radical (unpaired) electrons. The average Bonchev–Trinajstić information content (AvgIpc) is 2.88. The van der Waals surface area contributed by atoms with Crippen molar-refractivity contribution in [2.24, 2.45) is 0 Å². The Kier molecular flexibility index (Phi) is 5.61. The minimum absolute atomic E-state index is 0.100. The first kappa shape index (κ1) is 23.2. The van der Waals surface area contributed by atoms with Gasteiger partial charge in [0.25, 0.3) is 11.8 Å². The molecular formula is C27H18N2O8. The van der Waals surface area contributed by atoms with Gasteiger partial charge >= 0.3 is 0 Å². The van der Waals surface area contributed by atoms with Gasteiger partial charge in [-0.2, -0.15) is 0 Å². The number of phenolic OH excluding ortho intramolecular Hbond substituents is 4. The number of hydrogen-bond acceptors (Lipinski definition) is 8. The van der Waals surface area contributed by atoms with Crippen LogP contribution >= 0.6 is 0 Å². The number of aromatic hydroxyl groups is 4. The minimum atomic E-state index is -0.565. The molecule has 1 heterocycles. The SMILES string of the molecule is O=C(Nc1ccc2oc3ccc(NC(=O)c4ccc(O)c(O)c4)cc3c(=O)c2c1)c1ccc(O)c(O)c1. The Bertz CT molecular complexity index is 1670. The number of phenols is 4. The van der Waals surface area contributed by atoms with Crippen molar-refractivity contribution in [2.45, 2.75) is 0 Å². The van der Waals surface area contributed by atoms with Crippen LogP contribution in [0.4, 0.5) is 11.4 Å². The quantitative estimate of drug-likeness (QED) is 0.158. The summed E-state index contributed by atoms with van der Waals surface area (Å²) in [6, 6.07) is 16.3. The number of amides is 2. The topological polar surface area (TPSA) is 169 Å². The molecule has 5 rings (SSSR count). The third-order valence-corrected chi connectivity index (χ3v) is 5.66. The van der Waals surface area contributed by atoms with E-state index in [0.717, 1.165) is 12.1 Å². The lowest BCUT2D eigenvalue weighted by atomic mass is 10.1. The van der Waals surface area contributed by atoms with Crippen LogP contribution in [0.1, 0.15) is 20.7 Å². The predicted octanol–water partition coefficient (Wildman–Crippen LogP) is 4.27. The maximum atomic E-state index is 13.3. The molecule has 0 aliphatic heterocycles. The molecule has 0 spiro atoms. The van der Waals surface area contributed by atoms with Crippen LogP contribution in [0.15, 0.2) is 82.0 Å². The van der Waals surface area contributed by atoms with Gasteiger partial charge in [-0.15, -0.1) is 0 Å². The zero-order valence-corrected chi connectivity index (χ0v) is 18.9. The maximum absolute atomic E-state index is 13.3. The number of carbonyl (C=O) groups is 2. The predicted molar refractivity (Wildman–Crippen MR) is 135 cm³/mol. The van der Waals surface area contributed by atoms with Gasteiger partial charge < -0.3 is 35.5 Å². The summed E-state index contributed by atoms with van der Waals surface area (Å²) in [5.41, 5.74) is 0.976. The number of hydrogen-bond donors (Lipinski definition) is 6. The van der Waals surface area contributed by atoms with Crippen molar-refractivity contribution >= 4 is 45.1 Å². The molecule has 0 aliphatic rings. The Hall–Kier alpha value is -5.51. The summed E-state index contributed by atoms with van der Waals surface area (Å²) in [4.78, 5) is 38.3. The lowest BCUT2D eigenvalue weighted by molar-refractivity contribution is 0.101. The van der Waals surface area contributed by atoms with E-state index in [1.807, 2.05) is 0 Å². The summed E-state index contributed by atoms with van der Waals surface area (Å²) >= 11 is 0. The molecule has 0 atom stereocenters. The summed E-state index contributed by atoms with van der Waals surface area (Å²) in [6.45, 7) is 0. The molecule has 184 valence electrons. The van der Waals surface area contributed by atoms with Crippen LogP contribution < -0.4 is 16.1 Å². The van der Waals surface area contributed by atoms with Gasteiger partial charge in [0.15, 0.2) is 23.0 Å². The van der Waals surface area contributed by atoms with Crippen molar-refractivity contribution in [1.29, 1.82) is 0 Å². The Morgan fingerprint density at radius 3 is 1.41 bits per heavy atom. The monoisotopic (exact) mass is 498 g/mol. The number of anilines is 2. The smallest absolute Gasteiger partial charge is 0.255 e. The average molecular weight is 498 g/mol. The fraction of sp³-hybridized carbons (Fsp3) is 0. The Labute approximate surface area is 207 Å². The van der Waals surface area contributed by atoms with Gasteiger partial charge in [-0.25, -0.2) is 0 Å². The van der Waals surface area contributed by atoms with Crippen molar-refractivity contribution in [3.63, 3.8) is 0 Å². The standard InChI is InChI=1S/C27H18N2O8/c30-19-5-1-13(9-21(19)32)26(35)28-15-3-7-23-17(11-15)25(34)18-12-16(4-8-24(18)37-23)29-27(36)14-2-6-20(31)22(33)10-14/h1-12,30-33H,(H,28,35)(H,29,36). The molecule has 0 saturated heterocycles. The van der Waals surface area contributed by atoms with E-state index in [4.69, 9.17) is 4.42 Å². The van der Waals surface area contributed by atoms with Gasteiger partial charge in [0.2, 0.25) is 5.43 Å². The molecule has 37 heavy (non-hydrogen) atoms. The molecule has 6 N–H and O–H groups in total. The molecule has 1 aromatic heterocycles. The highest BCUT2D eigenvalue weighted by molar-refractivity contribution is 6.07. The molecular weight excluding hydrogens is 480 g/mol. The maximum Gasteiger partial charge on any atom is 0.255 e. The number of fused-ring (bicyclic) bond motifs is 2. The minimum Gasteiger partial charge on any atom is -0.504 e. The Morgan fingerprint density at radius 1 is 0.568 bits per heavy atom. The van der Waals surface area contributed by atoms with Gasteiger partial charge in [0.05, 0.1) is 10.8 Å². The third kappa shape index (κ3) is 4.46. The summed E-state index contributed by atoms with van der Waals surface area (Å²) in [7, 11) is 0. The van der Waals surface area contributed by atoms with E-state index >= 15 is 0 Å². The van der Waals surface area contributed by atoms with Crippen molar-refractivity contribution in [2.75, 3.05) is 10.6 Å². The molecule has 2 amide bonds. The zero-order valence-electron chi connectivity index (χ0n) is 18.9. The van der Waals surface area contributed by atoms with Crippen molar-refractivity contribution in [3.8, 4) is 23.0 Å². The van der Waals surface area contributed by atoms with Crippen LogP contribution in [0.25, 0.3) is 21.9 Å². The van der Waals surface area contributed by atoms with E-state index in [9.17, 15) is 34.8 Å². The van der Waals surface area contributed by atoms with Gasteiger partial charge in [0.1, 0.15) is 11.2 Å². The van der Waals surface area contributed by atoms with Crippen LogP contribution in [0.3, 0.4) is 0 Å². The summed E-state index contributed by atoms with van der Waals surface area (Å²) in [6.07, 6.45) is 0. The van der Waals surface area contributed by atoms with E-state index in [-0.39, 0.29) is 44.6 Å². The molecule has 0 bridgehead atoms. The van der Waals surface area contributed by atoms with E-state index in [0.29, 0.717) is 11.4 Å². The fourth-order valence-corrected chi connectivity index (χ4v) is 3.75. The number of nitrogens with one attached hydrogen (secondary N) is 2. The van der Waals surface area contributed by atoms with E-state index in [2.05, 4.69) is 10.6 Å². The van der Waals surface area contributed by atoms with Gasteiger partial charge in [-0.1, -0.05) is 0 Å². The van der Waals surface area contributed by atoms with Crippen LogP contribution in [-0.2, 0) is 0 Å². The lowest BCUT2D eigenvalue weighted by Crippen LogP contribution is -2.13. The summed E-state index contributed by atoms with van der Waals surface area (Å²) in [5, 5.41) is 43.7. The highest BCUT2D eigenvalue weighted by atomic mass is 16.3. The van der Waals surface area contributed by atoms with Crippen LogP contribution in [-0.4, -0.2) is 32.2 Å². The molecule has 10 heteroatoms. The van der Waals surface area contributed by atoms with E-state index in [1.165, 1.54) is 48.5 Å². The van der Waals surface area contributed by atoms with Crippen molar-refractivity contribution < 1.29 is 34.4 Å². The molecule has 10 nitrogen and oxygen atoms in total. The Balaban J connectivity index is 1.46. The number of carbonyl (C=O) groups excluding carboxylic acids is 2. The van der Waals surface area contributed by atoms with Gasteiger partial charge in [-0.3, -0.25) is 14.4 Å². The molecule has 0 aliphatic carbocycles. The van der Waals surface area contributed by atoms with E-state index < -0.39 is 28.7 Å². The molecule has 0 saturated carbocycles. The number of benzene rings is 4. The van der Waals surface area contributed by atoms with Crippen LogP contribution in [0.5, 0.6) is 23.0 Å². The second-order valence-electron chi connectivity index (χ2n) is 8.17. The Morgan fingerprint density at radius 2 is 1.00 bits per heavy atom. The van der Waals surface area contributed by atoms with Gasteiger partial charge in [-0.05, 0) is 72.8 Å². The van der Waals surface area contributed by atoms with Gasteiger partial charge in [0, 0.05) is 22.5 Å². The third-order valence-electron chi connectivity index (χ3n) is 5.66.